The lowest BCUT2D eigenvalue weighted by molar-refractivity contribution is -0.118. The number of nitrogens with two attached hydrogens (primary N) is 1. The van der Waals surface area contributed by atoms with E-state index < -0.39 is 5.91 Å². The second-order valence-electron chi connectivity index (χ2n) is 3.27. The average Bonchev–Trinajstić information content (AvgIpc) is 2.27. The third-order valence-corrected chi connectivity index (χ3v) is 2.55. The zero-order valence-corrected chi connectivity index (χ0v) is 9.84. The van der Waals surface area contributed by atoms with Gasteiger partial charge in [0.15, 0.2) is 0 Å². The molecule has 5 heteroatoms. The molecule has 16 heavy (non-hydrogen) atoms. The second-order valence-corrected chi connectivity index (χ2v) is 4.14. The number of benzene rings is 1. The van der Waals surface area contributed by atoms with Crippen molar-refractivity contribution >= 4 is 23.6 Å². The summed E-state index contributed by atoms with van der Waals surface area (Å²) in [5, 5.41) is 2.77. The number of rotatable bonds is 5. The van der Waals surface area contributed by atoms with Gasteiger partial charge in [0.25, 0.3) is 0 Å². The average molecular weight is 238 g/mol. The summed E-state index contributed by atoms with van der Waals surface area (Å²) in [6.07, 6.45) is 1.88. The molecule has 0 fully saturated rings. The van der Waals surface area contributed by atoms with Gasteiger partial charge in [-0.05, 0) is 24.0 Å². The summed E-state index contributed by atoms with van der Waals surface area (Å²) in [5.74, 6) is 0.0174. The summed E-state index contributed by atoms with van der Waals surface area (Å²) in [5.41, 5.74) is 6.53. The Morgan fingerprint density at radius 1 is 1.31 bits per heavy atom. The molecule has 0 aliphatic heterocycles. The van der Waals surface area contributed by atoms with Crippen LogP contribution in [0, 0.1) is 0 Å². The van der Waals surface area contributed by atoms with Crippen LogP contribution in [0.5, 0.6) is 0 Å². The predicted molar refractivity (Wildman–Crippen MR) is 65.2 cm³/mol. The highest BCUT2D eigenvalue weighted by molar-refractivity contribution is 7.99. The Morgan fingerprint density at radius 2 is 1.94 bits per heavy atom. The minimum absolute atomic E-state index is 0.00600. The molecule has 0 aliphatic rings. The number of carbonyl (C=O) groups excluding carboxylic acids is 2. The first kappa shape index (κ1) is 12.6. The van der Waals surface area contributed by atoms with Crippen molar-refractivity contribution in [2.45, 2.75) is 6.54 Å². The maximum Gasteiger partial charge on any atom is 0.248 e. The van der Waals surface area contributed by atoms with E-state index in [0.717, 1.165) is 5.56 Å². The molecule has 2 amide bonds. The van der Waals surface area contributed by atoms with Gasteiger partial charge in [-0.1, -0.05) is 12.1 Å². The van der Waals surface area contributed by atoms with Crippen LogP contribution in [-0.4, -0.2) is 23.8 Å². The normalized spacial score (nSPS) is 9.81. The van der Waals surface area contributed by atoms with Crippen LogP contribution >= 0.6 is 11.8 Å². The number of primary amides is 1. The molecule has 0 saturated heterocycles. The summed E-state index contributed by atoms with van der Waals surface area (Å²) in [7, 11) is 0. The number of nitrogens with one attached hydrogen (secondary N) is 1. The number of thioether (sulfide) groups is 1. The molecule has 0 heterocycles. The molecule has 86 valence electrons. The fourth-order valence-electron chi connectivity index (χ4n) is 1.17. The molecule has 3 N–H and O–H groups in total. The third-order valence-electron chi connectivity index (χ3n) is 2.00. The molecule has 0 radical (unpaired) electrons. The van der Waals surface area contributed by atoms with Crippen molar-refractivity contribution in [1.29, 1.82) is 0 Å². The Morgan fingerprint density at radius 3 is 2.44 bits per heavy atom. The van der Waals surface area contributed by atoms with Crippen molar-refractivity contribution < 1.29 is 9.59 Å². The van der Waals surface area contributed by atoms with Gasteiger partial charge >= 0.3 is 0 Å². The van der Waals surface area contributed by atoms with Gasteiger partial charge in [-0.15, -0.1) is 0 Å². The Labute approximate surface area is 98.6 Å². The van der Waals surface area contributed by atoms with Gasteiger partial charge in [0.2, 0.25) is 11.8 Å². The van der Waals surface area contributed by atoms with Crippen molar-refractivity contribution in [2.75, 3.05) is 12.0 Å². The quantitative estimate of drug-likeness (QED) is 0.795. The molecule has 0 aromatic heterocycles. The van der Waals surface area contributed by atoms with Crippen LogP contribution in [-0.2, 0) is 11.3 Å². The van der Waals surface area contributed by atoms with E-state index in [1.165, 1.54) is 11.8 Å². The van der Waals surface area contributed by atoms with E-state index in [0.29, 0.717) is 17.9 Å². The van der Waals surface area contributed by atoms with Crippen molar-refractivity contribution in [3.63, 3.8) is 0 Å². The number of amides is 2. The van der Waals surface area contributed by atoms with Crippen LogP contribution in [0.1, 0.15) is 15.9 Å². The predicted octanol–water partition coefficient (Wildman–Crippen LogP) is 0.765. The smallest absolute Gasteiger partial charge is 0.248 e. The molecule has 0 spiro atoms. The monoisotopic (exact) mass is 238 g/mol. The maximum atomic E-state index is 11.2. The molecule has 0 unspecified atom stereocenters. The SMILES string of the molecule is CSCC(=O)NCc1ccc(C(N)=O)cc1. The van der Waals surface area contributed by atoms with E-state index in [1.807, 2.05) is 6.26 Å². The molecule has 0 atom stereocenters. The van der Waals surface area contributed by atoms with Gasteiger partial charge in [0, 0.05) is 12.1 Å². The lowest BCUT2D eigenvalue weighted by Gasteiger charge is -2.04. The van der Waals surface area contributed by atoms with E-state index in [4.69, 9.17) is 5.73 Å². The van der Waals surface area contributed by atoms with Gasteiger partial charge in [-0.3, -0.25) is 9.59 Å². The second kappa shape index (κ2) is 6.17. The standard InChI is InChI=1S/C11H14N2O2S/c1-16-7-10(14)13-6-8-2-4-9(5-3-8)11(12)15/h2-5H,6-7H2,1H3,(H2,12,15)(H,13,14). The van der Waals surface area contributed by atoms with Crippen LogP contribution in [0.15, 0.2) is 24.3 Å². The zero-order chi connectivity index (χ0) is 12.0. The Kier molecular flexibility index (Phi) is 4.85. The maximum absolute atomic E-state index is 11.2. The lowest BCUT2D eigenvalue weighted by atomic mass is 10.1. The van der Waals surface area contributed by atoms with Gasteiger partial charge < -0.3 is 11.1 Å². The molecular formula is C11H14N2O2S. The topological polar surface area (TPSA) is 72.2 Å². The van der Waals surface area contributed by atoms with Crippen LogP contribution in [0.4, 0.5) is 0 Å². The first-order chi connectivity index (χ1) is 7.63. The molecule has 0 saturated carbocycles. The molecule has 1 aromatic carbocycles. The highest BCUT2D eigenvalue weighted by Gasteiger charge is 2.01. The van der Waals surface area contributed by atoms with E-state index in [1.54, 1.807) is 24.3 Å². The molecule has 0 bridgehead atoms. The van der Waals surface area contributed by atoms with Gasteiger partial charge in [0.05, 0.1) is 5.75 Å². The minimum atomic E-state index is -0.446. The van der Waals surface area contributed by atoms with Crippen molar-refractivity contribution in [3.05, 3.63) is 35.4 Å². The van der Waals surface area contributed by atoms with E-state index in [2.05, 4.69) is 5.32 Å². The van der Waals surface area contributed by atoms with Gasteiger partial charge in [-0.25, -0.2) is 0 Å². The summed E-state index contributed by atoms with van der Waals surface area (Å²) < 4.78 is 0. The molecule has 4 nitrogen and oxygen atoms in total. The summed E-state index contributed by atoms with van der Waals surface area (Å²) in [4.78, 5) is 22.0. The van der Waals surface area contributed by atoms with Gasteiger partial charge in [-0.2, -0.15) is 11.8 Å². The van der Waals surface area contributed by atoms with E-state index in [9.17, 15) is 9.59 Å². The van der Waals surface area contributed by atoms with Gasteiger partial charge in [0.1, 0.15) is 0 Å². The lowest BCUT2D eigenvalue weighted by Crippen LogP contribution is -2.24. The van der Waals surface area contributed by atoms with Crippen molar-refractivity contribution in [2.24, 2.45) is 5.73 Å². The molecule has 0 aliphatic carbocycles. The summed E-state index contributed by atoms with van der Waals surface area (Å²) in [6.45, 7) is 0.471. The molecule has 1 aromatic rings. The van der Waals surface area contributed by atoms with Crippen LogP contribution in [0.25, 0.3) is 0 Å². The Hall–Kier alpha value is -1.49. The van der Waals surface area contributed by atoms with Crippen LogP contribution in [0.3, 0.4) is 0 Å². The highest BCUT2D eigenvalue weighted by Crippen LogP contribution is 2.03. The van der Waals surface area contributed by atoms with Crippen molar-refractivity contribution in [1.82, 2.24) is 5.32 Å². The van der Waals surface area contributed by atoms with E-state index in [-0.39, 0.29) is 5.91 Å². The number of hydrogen-bond donors (Lipinski definition) is 2. The van der Waals surface area contributed by atoms with Crippen molar-refractivity contribution in [3.8, 4) is 0 Å². The van der Waals surface area contributed by atoms with Crippen LogP contribution < -0.4 is 11.1 Å². The zero-order valence-electron chi connectivity index (χ0n) is 9.03. The fourth-order valence-corrected chi connectivity index (χ4v) is 1.53. The summed E-state index contributed by atoms with van der Waals surface area (Å²) >= 11 is 1.48. The Balaban J connectivity index is 2.49. The largest absolute Gasteiger partial charge is 0.366 e. The first-order valence-electron chi connectivity index (χ1n) is 4.78. The fraction of sp³-hybridized carbons (Fsp3) is 0.273. The first-order valence-corrected chi connectivity index (χ1v) is 6.17. The number of carbonyl (C=O) groups is 2. The molecule has 1 rings (SSSR count). The summed E-state index contributed by atoms with van der Waals surface area (Å²) in [6, 6.07) is 6.86. The number of hydrogen-bond acceptors (Lipinski definition) is 3. The molecular weight excluding hydrogens is 224 g/mol. The Bertz CT molecular complexity index is 376. The third kappa shape index (κ3) is 3.94. The highest BCUT2D eigenvalue weighted by atomic mass is 32.2. The van der Waals surface area contributed by atoms with Crippen LogP contribution in [0.2, 0.25) is 0 Å². The van der Waals surface area contributed by atoms with E-state index >= 15 is 0 Å². The minimum Gasteiger partial charge on any atom is -0.366 e.